The van der Waals surface area contributed by atoms with E-state index in [0.717, 1.165) is 5.56 Å². The first kappa shape index (κ1) is 10.2. The van der Waals surface area contributed by atoms with Gasteiger partial charge in [-0.25, -0.2) is 4.39 Å². The van der Waals surface area contributed by atoms with Gasteiger partial charge in [-0.05, 0) is 30.2 Å². The summed E-state index contributed by atoms with van der Waals surface area (Å²) in [6.07, 6.45) is 0. The quantitative estimate of drug-likeness (QED) is 0.779. The van der Waals surface area contributed by atoms with Crippen LogP contribution in [0.15, 0.2) is 30.1 Å². The van der Waals surface area contributed by atoms with Crippen molar-refractivity contribution in [3.63, 3.8) is 0 Å². The molecular formula is C10H11ClFN. The van der Waals surface area contributed by atoms with E-state index < -0.39 is 0 Å². The number of benzene rings is 1. The number of hydrogen-bond donors (Lipinski definition) is 1. The zero-order valence-corrected chi connectivity index (χ0v) is 8.11. The Balaban J connectivity index is 3.08. The molecule has 0 unspecified atom stereocenters. The molecule has 0 bridgehead atoms. The zero-order chi connectivity index (χ0) is 9.84. The number of halogens is 2. The van der Waals surface area contributed by atoms with Crippen LogP contribution in [0.4, 0.5) is 4.39 Å². The fourth-order valence-corrected chi connectivity index (χ4v) is 1.22. The molecule has 0 saturated carbocycles. The molecule has 1 rings (SSSR count). The second-order valence-electron chi connectivity index (χ2n) is 2.74. The van der Waals surface area contributed by atoms with Gasteiger partial charge >= 0.3 is 0 Å². The Kier molecular flexibility index (Phi) is 3.46. The van der Waals surface area contributed by atoms with Crippen molar-refractivity contribution in [2.45, 2.75) is 6.92 Å². The molecular weight excluding hydrogens is 189 g/mol. The van der Waals surface area contributed by atoms with Gasteiger partial charge in [-0.1, -0.05) is 23.7 Å². The lowest BCUT2D eigenvalue weighted by atomic mass is 10.1. The van der Waals surface area contributed by atoms with Gasteiger partial charge in [0.25, 0.3) is 0 Å². The fraction of sp³-hybridized carbons (Fsp3) is 0.200. The van der Waals surface area contributed by atoms with Gasteiger partial charge in [-0.3, -0.25) is 0 Å². The molecule has 0 spiro atoms. The van der Waals surface area contributed by atoms with Crippen molar-refractivity contribution in [2.75, 3.05) is 6.54 Å². The number of hydrogen-bond acceptors (Lipinski definition) is 1. The second-order valence-corrected chi connectivity index (χ2v) is 3.18. The van der Waals surface area contributed by atoms with E-state index in [4.69, 9.17) is 17.3 Å². The molecule has 0 aliphatic heterocycles. The maximum atomic E-state index is 13.1. The molecule has 0 radical (unpaired) electrons. The van der Waals surface area contributed by atoms with E-state index in [1.54, 1.807) is 31.2 Å². The van der Waals surface area contributed by atoms with E-state index in [0.29, 0.717) is 10.6 Å². The molecule has 0 fully saturated rings. The summed E-state index contributed by atoms with van der Waals surface area (Å²) in [6.45, 7) is 1.62. The largest absolute Gasteiger partial charge is 0.325 e. The van der Waals surface area contributed by atoms with Gasteiger partial charge in [-0.2, -0.15) is 0 Å². The normalized spacial score (nSPS) is 12.6. The lowest BCUT2D eigenvalue weighted by Crippen LogP contribution is -2.00. The highest BCUT2D eigenvalue weighted by atomic mass is 35.5. The van der Waals surface area contributed by atoms with Crippen LogP contribution in [0.25, 0.3) is 5.57 Å². The minimum atomic E-state index is -0.303. The lowest BCUT2D eigenvalue weighted by molar-refractivity contribution is 0.621. The van der Waals surface area contributed by atoms with E-state index in [9.17, 15) is 4.39 Å². The molecule has 0 heterocycles. The summed E-state index contributed by atoms with van der Waals surface area (Å²) in [6, 6.07) is 7.05. The predicted octanol–water partition coefficient (Wildman–Crippen LogP) is 3.00. The minimum absolute atomic E-state index is 0.0711. The van der Waals surface area contributed by atoms with Crippen LogP contribution < -0.4 is 5.73 Å². The summed E-state index contributed by atoms with van der Waals surface area (Å²) in [5.41, 5.74) is 6.50. The van der Waals surface area contributed by atoms with Crippen molar-refractivity contribution >= 4 is 17.2 Å². The average molecular weight is 200 g/mol. The van der Waals surface area contributed by atoms with Crippen LogP contribution in [0, 0.1) is 0 Å². The van der Waals surface area contributed by atoms with Gasteiger partial charge in [0.15, 0.2) is 0 Å². The molecule has 0 aliphatic rings. The molecule has 0 saturated heterocycles. The first-order valence-electron chi connectivity index (χ1n) is 3.96. The van der Waals surface area contributed by atoms with E-state index >= 15 is 0 Å². The van der Waals surface area contributed by atoms with Gasteiger partial charge in [0.1, 0.15) is 5.83 Å². The summed E-state index contributed by atoms with van der Waals surface area (Å²) < 4.78 is 13.1. The molecule has 0 amide bonds. The van der Waals surface area contributed by atoms with Gasteiger partial charge < -0.3 is 5.73 Å². The van der Waals surface area contributed by atoms with Crippen molar-refractivity contribution < 1.29 is 4.39 Å². The van der Waals surface area contributed by atoms with E-state index in [1.165, 1.54) is 0 Å². The summed E-state index contributed by atoms with van der Waals surface area (Å²) >= 11 is 5.76. The molecule has 70 valence electrons. The fourth-order valence-electron chi connectivity index (χ4n) is 1.03. The Morgan fingerprint density at radius 2 is 2.23 bits per heavy atom. The predicted molar refractivity (Wildman–Crippen MR) is 54.2 cm³/mol. The molecule has 0 aromatic heterocycles. The van der Waals surface area contributed by atoms with Crippen molar-refractivity contribution in [1.82, 2.24) is 0 Å². The van der Waals surface area contributed by atoms with Crippen LogP contribution in [0.2, 0.25) is 5.02 Å². The Morgan fingerprint density at radius 1 is 1.54 bits per heavy atom. The van der Waals surface area contributed by atoms with Gasteiger partial charge in [0, 0.05) is 11.6 Å². The van der Waals surface area contributed by atoms with Crippen molar-refractivity contribution in [2.24, 2.45) is 5.73 Å². The van der Waals surface area contributed by atoms with Crippen LogP contribution in [0.1, 0.15) is 12.5 Å². The topological polar surface area (TPSA) is 26.0 Å². The Morgan fingerprint density at radius 3 is 2.77 bits per heavy atom. The average Bonchev–Trinajstić information content (AvgIpc) is 2.15. The molecule has 0 atom stereocenters. The maximum absolute atomic E-state index is 13.1. The Bertz CT molecular complexity index is 333. The summed E-state index contributed by atoms with van der Waals surface area (Å²) in [7, 11) is 0. The first-order chi connectivity index (χ1) is 6.15. The maximum Gasteiger partial charge on any atom is 0.117 e. The van der Waals surface area contributed by atoms with E-state index in [2.05, 4.69) is 0 Å². The molecule has 1 aromatic carbocycles. The van der Waals surface area contributed by atoms with Crippen LogP contribution in [0.3, 0.4) is 0 Å². The zero-order valence-electron chi connectivity index (χ0n) is 7.35. The highest BCUT2D eigenvalue weighted by Gasteiger charge is 2.02. The number of rotatable bonds is 2. The highest BCUT2D eigenvalue weighted by molar-refractivity contribution is 6.30. The van der Waals surface area contributed by atoms with E-state index in [-0.39, 0.29) is 12.4 Å². The molecule has 1 aromatic rings. The second kappa shape index (κ2) is 4.40. The van der Waals surface area contributed by atoms with Crippen LogP contribution >= 0.6 is 11.6 Å². The Labute approximate surface area is 82.0 Å². The summed E-state index contributed by atoms with van der Waals surface area (Å²) in [4.78, 5) is 0. The monoisotopic (exact) mass is 199 g/mol. The van der Waals surface area contributed by atoms with Crippen molar-refractivity contribution in [1.29, 1.82) is 0 Å². The van der Waals surface area contributed by atoms with Crippen LogP contribution in [-0.2, 0) is 0 Å². The van der Waals surface area contributed by atoms with Gasteiger partial charge in [-0.15, -0.1) is 0 Å². The van der Waals surface area contributed by atoms with Gasteiger partial charge in [0.05, 0.1) is 0 Å². The number of nitrogens with two attached hydrogens (primary N) is 1. The van der Waals surface area contributed by atoms with Gasteiger partial charge in [0.2, 0.25) is 0 Å². The standard InChI is InChI=1S/C10H11ClFN/c1-7(10(12)6-13)8-3-2-4-9(11)5-8/h2-5H,6,13H2,1H3/b10-7-. The van der Waals surface area contributed by atoms with E-state index in [1.807, 2.05) is 0 Å². The molecule has 2 N–H and O–H groups in total. The minimum Gasteiger partial charge on any atom is -0.325 e. The highest BCUT2D eigenvalue weighted by Crippen LogP contribution is 2.21. The third-order valence-electron chi connectivity index (χ3n) is 1.84. The smallest absolute Gasteiger partial charge is 0.117 e. The van der Waals surface area contributed by atoms with Crippen LogP contribution in [-0.4, -0.2) is 6.54 Å². The van der Waals surface area contributed by atoms with Crippen molar-refractivity contribution in [3.05, 3.63) is 40.7 Å². The molecule has 0 aliphatic carbocycles. The Hall–Kier alpha value is -0.860. The molecule has 1 nitrogen and oxygen atoms in total. The first-order valence-corrected chi connectivity index (χ1v) is 4.34. The lowest BCUT2D eigenvalue weighted by Gasteiger charge is -2.03. The number of allylic oxidation sites excluding steroid dienone is 1. The summed E-state index contributed by atoms with van der Waals surface area (Å²) in [5.74, 6) is -0.303. The van der Waals surface area contributed by atoms with Crippen molar-refractivity contribution in [3.8, 4) is 0 Å². The SMILES string of the molecule is C/C(=C(/F)CN)c1cccc(Cl)c1. The summed E-state index contributed by atoms with van der Waals surface area (Å²) in [5, 5.41) is 0.599. The molecule has 13 heavy (non-hydrogen) atoms. The third kappa shape index (κ3) is 2.54. The molecule has 3 heteroatoms. The third-order valence-corrected chi connectivity index (χ3v) is 2.08. The van der Waals surface area contributed by atoms with Crippen LogP contribution in [0.5, 0.6) is 0 Å².